The van der Waals surface area contributed by atoms with E-state index < -0.39 is 11.8 Å². The van der Waals surface area contributed by atoms with Crippen LogP contribution in [-0.2, 0) is 4.79 Å². The van der Waals surface area contributed by atoms with Crippen LogP contribution in [0.1, 0.15) is 47.8 Å². The first-order valence-corrected chi connectivity index (χ1v) is 10.8. The molecule has 1 aliphatic carbocycles. The molecule has 0 bridgehead atoms. The number of carboxylic acid groups (broad SMARTS) is 1. The van der Waals surface area contributed by atoms with Gasteiger partial charge in [0.1, 0.15) is 39.2 Å². The zero-order valence-electron chi connectivity index (χ0n) is 17.1. The number of hydrogen-bond donors (Lipinski definition) is 2. The number of nitrogens with zero attached hydrogens (tertiary/aromatic N) is 2. The summed E-state index contributed by atoms with van der Waals surface area (Å²) in [6, 6.07) is 4.21. The standard InChI is InChI=1S/C22H22FN3O4S/c1-11(27)7-13-3-5-15(8-13)30-17-9-14(23)4-6-16(17)26-20-18-12(2)19(22(28)29)31-21(18)25-10-24-20/h4,6,9-10,13,15H,3,5,7-8H2,1-2H3,(H,28,29)(H,24,25,26)/t13-,15+/m1/s1. The van der Waals surface area contributed by atoms with E-state index in [1.54, 1.807) is 19.9 Å². The van der Waals surface area contributed by atoms with Crippen LogP contribution in [-0.4, -0.2) is 32.9 Å². The molecule has 31 heavy (non-hydrogen) atoms. The first-order chi connectivity index (χ1) is 14.8. The number of ether oxygens (including phenoxy) is 1. The first-order valence-electron chi connectivity index (χ1n) is 10.0. The van der Waals surface area contributed by atoms with Gasteiger partial charge in [0, 0.05) is 12.5 Å². The van der Waals surface area contributed by atoms with Crippen LogP contribution in [0.15, 0.2) is 24.5 Å². The van der Waals surface area contributed by atoms with Gasteiger partial charge in [-0.2, -0.15) is 0 Å². The maximum Gasteiger partial charge on any atom is 0.346 e. The summed E-state index contributed by atoms with van der Waals surface area (Å²) in [4.78, 5) is 32.1. The predicted molar refractivity (Wildman–Crippen MR) is 116 cm³/mol. The van der Waals surface area contributed by atoms with Crippen LogP contribution in [0.5, 0.6) is 5.75 Å². The minimum absolute atomic E-state index is 0.0985. The lowest BCUT2D eigenvalue weighted by Gasteiger charge is -2.18. The summed E-state index contributed by atoms with van der Waals surface area (Å²) in [6.45, 7) is 3.31. The predicted octanol–water partition coefficient (Wildman–Crippen LogP) is 5.11. The molecule has 4 rings (SSSR count). The molecule has 2 atom stereocenters. The molecule has 162 valence electrons. The Balaban J connectivity index is 1.62. The highest BCUT2D eigenvalue weighted by Gasteiger charge is 2.28. The minimum atomic E-state index is -1.02. The summed E-state index contributed by atoms with van der Waals surface area (Å²) in [5.41, 5.74) is 1.10. The van der Waals surface area contributed by atoms with Crippen molar-refractivity contribution in [2.45, 2.75) is 45.6 Å². The number of carboxylic acids is 1. The van der Waals surface area contributed by atoms with Gasteiger partial charge in [-0.05, 0) is 56.7 Å². The van der Waals surface area contributed by atoms with Gasteiger partial charge < -0.3 is 20.0 Å². The van der Waals surface area contributed by atoms with Crippen LogP contribution in [0.4, 0.5) is 15.9 Å². The van der Waals surface area contributed by atoms with E-state index in [4.69, 9.17) is 4.74 Å². The number of halogens is 1. The van der Waals surface area contributed by atoms with Crippen molar-refractivity contribution in [2.24, 2.45) is 5.92 Å². The molecule has 9 heteroatoms. The number of carbonyl (C=O) groups is 2. The molecule has 0 saturated heterocycles. The second kappa shape index (κ2) is 8.58. The summed E-state index contributed by atoms with van der Waals surface area (Å²) in [5.74, 6) is -0.199. The van der Waals surface area contributed by atoms with Crippen molar-refractivity contribution >= 4 is 44.8 Å². The molecule has 2 N–H and O–H groups in total. The van der Waals surface area contributed by atoms with Gasteiger partial charge >= 0.3 is 5.97 Å². The van der Waals surface area contributed by atoms with Gasteiger partial charge in [0.15, 0.2) is 0 Å². The van der Waals surface area contributed by atoms with E-state index in [0.717, 1.165) is 30.6 Å². The number of Topliss-reactive ketones (excluding diaryl/α,β-unsaturated/α-hetero) is 1. The number of aryl methyl sites for hydroxylation is 1. The number of anilines is 2. The van der Waals surface area contributed by atoms with Gasteiger partial charge in [-0.1, -0.05) is 0 Å². The van der Waals surface area contributed by atoms with Gasteiger partial charge in [-0.25, -0.2) is 19.2 Å². The summed E-state index contributed by atoms with van der Waals surface area (Å²) in [6.07, 6.45) is 4.26. The quantitative estimate of drug-likeness (QED) is 0.523. The van der Waals surface area contributed by atoms with Crippen LogP contribution < -0.4 is 10.1 Å². The Labute approximate surface area is 182 Å². The summed E-state index contributed by atoms with van der Waals surface area (Å²) in [5, 5.41) is 13.2. The minimum Gasteiger partial charge on any atom is -0.488 e. The molecule has 0 aliphatic heterocycles. The molecule has 0 radical (unpaired) electrons. The molecule has 7 nitrogen and oxygen atoms in total. The average molecular weight is 444 g/mol. The normalized spacial score (nSPS) is 18.3. The summed E-state index contributed by atoms with van der Waals surface area (Å²) >= 11 is 1.09. The van der Waals surface area contributed by atoms with E-state index in [1.165, 1.54) is 18.5 Å². The SMILES string of the molecule is CC(=O)C[C@H]1CC[C@H](Oc2cc(F)ccc2Nc2ncnc3sc(C(=O)O)c(C)c23)C1. The van der Waals surface area contributed by atoms with Crippen LogP contribution in [0.3, 0.4) is 0 Å². The fraction of sp³-hybridized carbons (Fsp3) is 0.364. The lowest BCUT2D eigenvalue weighted by atomic mass is 10.0. The average Bonchev–Trinajstić information content (AvgIpc) is 3.28. The van der Waals surface area contributed by atoms with Crippen molar-refractivity contribution in [3.63, 3.8) is 0 Å². The molecule has 2 aromatic heterocycles. The monoisotopic (exact) mass is 443 g/mol. The van der Waals surface area contributed by atoms with Crippen LogP contribution in [0, 0.1) is 18.7 Å². The Morgan fingerprint density at radius 3 is 2.87 bits per heavy atom. The molecule has 0 spiro atoms. The molecule has 1 saturated carbocycles. The number of aromatic nitrogens is 2. The Morgan fingerprint density at radius 2 is 2.13 bits per heavy atom. The Morgan fingerprint density at radius 1 is 1.32 bits per heavy atom. The Hall–Kier alpha value is -3.07. The highest BCUT2D eigenvalue weighted by molar-refractivity contribution is 7.20. The largest absolute Gasteiger partial charge is 0.488 e. The van der Waals surface area contributed by atoms with E-state index >= 15 is 0 Å². The van der Waals surface area contributed by atoms with Crippen molar-refractivity contribution in [1.29, 1.82) is 0 Å². The molecule has 1 aliphatic rings. The molecule has 0 amide bonds. The van der Waals surface area contributed by atoms with Crippen molar-refractivity contribution in [3.8, 4) is 5.75 Å². The second-order valence-electron chi connectivity index (χ2n) is 7.85. The van der Waals surface area contributed by atoms with Crippen molar-refractivity contribution in [1.82, 2.24) is 9.97 Å². The maximum absolute atomic E-state index is 14.0. The smallest absolute Gasteiger partial charge is 0.346 e. The third-order valence-electron chi connectivity index (χ3n) is 5.48. The second-order valence-corrected chi connectivity index (χ2v) is 8.85. The van der Waals surface area contributed by atoms with Gasteiger partial charge in [-0.15, -0.1) is 11.3 Å². The van der Waals surface area contributed by atoms with Crippen molar-refractivity contribution < 1.29 is 23.8 Å². The van der Waals surface area contributed by atoms with E-state index in [0.29, 0.717) is 39.5 Å². The van der Waals surface area contributed by atoms with Gasteiger partial charge in [0.25, 0.3) is 0 Å². The topological polar surface area (TPSA) is 101 Å². The van der Waals surface area contributed by atoms with Crippen molar-refractivity contribution in [3.05, 3.63) is 40.8 Å². The number of carbonyl (C=O) groups excluding carboxylic acids is 1. The van der Waals surface area contributed by atoms with E-state index in [-0.39, 0.29) is 22.7 Å². The number of hydrogen-bond acceptors (Lipinski definition) is 7. The third kappa shape index (κ3) is 4.51. The fourth-order valence-corrected chi connectivity index (χ4v) is 5.09. The number of ketones is 1. The number of thiophene rings is 1. The zero-order valence-corrected chi connectivity index (χ0v) is 18.0. The van der Waals surface area contributed by atoms with Gasteiger partial charge in [0.2, 0.25) is 0 Å². The fourth-order valence-electron chi connectivity index (χ4n) is 4.10. The van der Waals surface area contributed by atoms with Crippen molar-refractivity contribution in [2.75, 3.05) is 5.32 Å². The van der Waals surface area contributed by atoms with Crippen LogP contribution >= 0.6 is 11.3 Å². The van der Waals surface area contributed by atoms with Gasteiger partial charge in [0.05, 0.1) is 17.2 Å². The molecule has 3 aromatic rings. The highest BCUT2D eigenvalue weighted by atomic mass is 32.1. The number of rotatable bonds is 7. The Kier molecular flexibility index (Phi) is 5.86. The number of aromatic carboxylic acids is 1. The third-order valence-corrected chi connectivity index (χ3v) is 6.67. The molecular weight excluding hydrogens is 421 g/mol. The molecule has 0 unspecified atom stereocenters. The zero-order chi connectivity index (χ0) is 22.1. The van der Waals surface area contributed by atoms with Gasteiger partial charge in [-0.3, -0.25) is 0 Å². The molecule has 2 heterocycles. The summed E-state index contributed by atoms with van der Waals surface area (Å²) in [7, 11) is 0. The number of fused-ring (bicyclic) bond motifs is 1. The molecule has 1 fully saturated rings. The van der Waals surface area contributed by atoms with E-state index in [1.807, 2.05) is 0 Å². The van der Waals surface area contributed by atoms with Crippen LogP contribution in [0.25, 0.3) is 10.2 Å². The highest BCUT2D eigenvalue weighted by Crippen LogP contribution is 2.38. The maximum atomic E-state index is 14.0. The number of nitrogens with one attached hydrogen (secondary N) is 1. The molecule has 1 aromatic carbocycles. The van der Waals surface area contributed by atoms with Crippen LogP contribution in [0.2, 0.25) is 0 Å². The summed E-state index contributed by atoms with van der Waals surface area (Å²) < 4.78 is 20.1. The first kappa shape index (κ1) is 21.2. The lowest BCUT2D eigenvalue weighted by Crippen LogP contribution is -2.14. The molecular formula is C22H22FN3O4S. The lowest BCUT2D eigenvalue weighted by molar-refractivity contribution is -0.117. The van der Waals surface area contributed by atoms with E-state index in [9.17, 15) is 19.1 Å². The van der Waals surface area contributed by atoms with E-state index in [2.05, 4.69) is 15.3 Å². The number of benzene rings is 1. The Bertz CT molecular complexity index is 1160.